The number of amides is 1. The van der Waals surface area contributed by atoms with Gasteiger partial charge in [0.25, 0.3) is 5.91 Å². The van der Waals surface area contributed by atoms with Gasteiger partial charge in [-0.05, 0) is 65.6 Å². The highest BCUT2D eigenvalue weighted by Gasteiger charge is 2.35. The van der Waals surface area contributed by atoms with Gasteiger partial charge in [-0.15, -0.1) is 0 Å². The molecular weight excluding hydrogens is 496 g/mol. The van der Waals surface area contributed by atoms with Crippen molar-refractivity contribution in [3.63, 3.8) is 0 Å². The number of hydrogen-bond donors (Lipinski definition) is 3. The molecule has 0 spiro atoms. The maximum absolute atomic E-state index is 13.9. The SMILES string of the molecule is CC(C)(C)c1cccc(C2(NCC(O)C(Cc3cc(F)cc(F)c3)NC(=O)c3ccncc3)CCCCC2)c1. The first-order chi connectivity index (χ1) is 18.6. The number of rotatable bonds is 9. The molecule has 5 nitrogen and oxygen atoms in total. The second-order valence-electron chi connectivity index (χ2n) is 11.7. The van der Waals surface area contributed by atoms with Crippen LogP contribution in [0.15, 0.2) is 67.0 Å². The lowest BCUT2D eigenvalue weighted by molar-refractivity contribution is 0.0788. The van der Waals surface area contributed by atoms with Crippen molar-refractivity contribution in [2.24, 2.45) is 0 Å². The number of aromatic nitrogens is 1. The number of pyridine rings is 1. The summed E-state index contributed by atoms with van der Waals surface area (Å²) in [6, 6.07) is 14.3. The number of carbonyl (C=O) groups excluding carboxylic acids is 1. The third kappa shape index (κ3) is 7.49. The van der Waals surface area contributed by atoms with Crippen LogP contribution < -0.4 is 10.6 Å². The van der Waals surface area contributed by atoms with Crippen molar-refractivity contribution >= 4 is 5.91 Å². The third-order valence-corrected chi connectivity index (χ3v) is 7.74. The van der Waals surface area contributed by atoms with Crippen LogP contribution in [0.25, 0.3) is 0 Å². The Morgan fingerprint density at radius 1 is 1.00 bits per heavy atom. The Bertz CT molecular complexity index is 1230. The van der Waals surface area contributed by atoms with Gasteiger partial charge in [0.05, 0.1) is 12.1 Å². The summed E-state index contributed by atoms with van der Waals surface area (Å²) in [5.74, 6) is -1.78. The predicted molar refractivity (Wildman–Crippen MR) is 149 cm³/mol. The van der Waals surface area contributed by atoms with Crippen LogP contribution >= 0.6 is 0 Å². The molecule has 1 aliphatic rings. The van der Waals surface area contributed by atoms with Crippen molar-refractivity contribution in [1.29, 1.82) is 0 Å². The molecule has 1 fully saturated rings. The number of nitrogens with one attached hydrogen (secondary N) is 2. The minimum atomic E-state index is -1.01. The van der Waals surface area contributed by atoms with Crippen LogP contribution in [-0.4, -0.2) is 34.7 Å². The van der Waals surface area contributed by atoms with Crippen molar-refractivity contribution in [3.8, 4) is 0 Å². The van der Waals surface area contributed by atoms with Crippen LogP contribution in [0, 0.1) is 11.6 Å². The molecule has 2 aromatic carbocycles. The maximum Gasteiger partial charge on any atom is 0.251 e. The normalized spacial score (nSPS) is 16.9. The third-order valence-electron chi connectivity index (χ3n) is 7.74. The van der Waals surface area contributed by atoms with Gasteiger partial charge in [0.2, 0.25) is 0 Å². The molecule has 2 unspecified atom stereocenters. The molecule has 208 valence electrons. The highest BCUT2D eigenvalue weighted by atomic mass is 19.1. The monoisotopic (exact) mass is 535 g/mol. The van der Waals surface area contributed by atoms with E-state index in [4.69, 9.17) is 0 Å². The van der Waals surface area contributed by atoms with E-state index in [9.17, 15) is 18.7 Å². The van der Waals surface area contributed by atoms with Gasteiger partial charge < -0.3 is 15.7 Å². The second-order valence-corrected chi connectivity index (χ2v) is 11.7. The van der Waals surface area contributed by atoms with Gasteiger partial charge in [-0.3, -0.25) is 9.78 Å². The van der Waals surface area contributed by atoms with Crippen LogP contribution in [0.4, 0.5) is 8.78 Å². The van der Waals surface area contributed by atoms with E-state index in [1.807, 2.05) is 0 Å². The van der Waals surface area contributed by atoms with Gasteiger partial charge in [-0.25, -0.2) is 8.78 Å². The summed E-state index contributed by atoms with van der Waals surface area (Å²) < 4.78 is 27.9. The molecule has 0 aliphatic heterocycles. The Morgan fingerprint density at radius 2 is 1.67 bits per heavy atom. The summed E-state index contributed by atoms with van der Waals surface area (Å²) in [4.78, 5) is 16.9. The lowest BCUT2D eigenvalue weighted by atomic mass is 9.74. The highest BCUT2D eigenvalue weighted by Crippen LogP contribution is 2.38. The summed E-state index contributed by atoms with van der Waals surface area (Å²) in [5, 5.41) is 18.0. The Kier molecular flexibility index (Phi) is 9.13. The molecule has 0 bridgehead atoms. The van der Waals surface area contributed by atoms with E-state index in [0.29, 0.717) is 11.1 Å². The fraction of sp³-hybridized carbons (Fsp3) is 0.438. The standard InChI is InChI=1S/C32H39F2N3O2/c1-31(2,3)24-8-7-9-25(19-24)32(12-5-4-6-13-32)36-21-29(38)28(18-22-16-26(33)20-27(34)17-22)37-30(39)23-10-14-35-15-11-23/h7-11,14-17,19-20,28-29,36,38H,4-6,12-13,18,21H2,1-3H3,(H,37,39). The van der Waals surface area contributed by atoms with Crippen molar-refractivity contribution in [2.75, 3.05) is 6.54 Å². The van der Waals surface area contributed by atoms with Gasteiger partial charge >= 0.3 is 0 Å². The zero-order chi connectivity index (χ0) is 28.0. The Morgan fingerprint density at radius 3 is 2.31 bits per heavy atom. The zero-order valence-corrected chi connectivity index (χ0v) is 23.0. The number of hydrogen-bond acceptors (Lipinski definition) is 4. The predicted octanol–water partition coefficient (Wildman–Crippen LogP) is 5.81. The van der Waals surface area contributed by atoms with E-state index < -0.39 is 23.8 Å². The molecule has 3 N–H and O–H groups in total. The largest absolute Gasteiger partial charge is 0.390 e. The minimum Gasteiger partial charge on any atom is -0.390 e. The van der Waals surface area contributed by atoms with Gasteiger partial charge in [-0.2, -0.15) is 0 Å². The zero-order valence-electron chi connectivity index (χ0n) is 23.0. The Balaban J connectivity index is 1.57. The molecule has 1 saturated carbocycles. The molecule has 1 aliphatic carbocycles. The fourth-order valence-corrected chi connectivity index (χ4v) is 5.47. The summed E-state index contributed by atoms with van der Waals surface area (Å²) in [7, 11) is 0. The molecule has 3 aromatic rings. The average Bonchev–Trinajstić information content (AvgIpc) is 2.91. The van der Waals surface area contributed by atoms with E-state index in [1.54, 1.807) is 12.1 Å². The van der Waals surface area contributed by atoms with Crippen molar-refractivity contribution in [1.82, 2.24) is 15.6 Å². The molecule has 39 heavy (non-hydrogen) atoms. The van der Waals surface area contributed by atoms with Gasteiger partial charge in [-0.1, -0.05) is 64.3 Å². The molecule has 1 amide bonds. The maximum atomic E-state index is 13.9. The lowest BCUT2D eigenvalue weighted by Gasteiger charge is -2.41. The molecule has 0 saturated heterocycles. The van der Waals surface area contributed by atoms with E-state index >= 15 is 0 Å². The van der Waals surface area contributed by atoms with E-state index in [-0.39, 0.29) is 29.8 Å². The highest BCUT2D eigenvalue weighted by molar-refractivity contribution is 5.94. The van der Waals surface area contributed by atoms with Gasteiger partial charge in [0.15, 0.2) is 0 Å². The van der Waals surface area contributed by atoms with Crippen molar-refractivity contribution in [2.45, 2.75) is 82.4 Å². The first-order valence-corrected chi connectivity index (χ1v) is 13.8. The van der Waals surface area contributed by atoms with E-state index in [1.165, 1.54) is 42.1 Å². The van der Waals surface area contributed by atoms with Crippen LogP contribution in [0.1, 0.15) is 79.9 Å². The summed E-state index contributed by atoms with van der Waals surface area (Å²) in [6.45, 7) is 6.80. The van der Waals surface area contributed by atoms with Crippen LogP contribution in [-0.2, 0) is 17.4 Å². The van der Waals surface area contributed by atoms with E-state index in [0.717, 1.165) is 31.7 Å². The number of halogens is 2. The molecule has 1 aromatic heterocycles. The molecular formula is C32H39F2N3O2. The Labute approximate surface area is 230 Å². The smallest absolute Gasteiger partial charge is 0.251 e. The first kappa shape index (κ1) is 28.8. The Hall–Kier alpha value is -3.16. The first-order valence-electron chi connectivity index (χ1n) is 13.8. The second kappa shape index (κ2) is 12.3. The number of aliphatic hydroxyl groups excluding tert-OH is 1. The summed E-state index contributed by atoms with van der Waals surface area (Å²) in [5.41, 5.74) is 2.91. The molecule has 4 rings (SSSR count). The summed E-state index contributed by atoms with van der Waals surface area (Å²) >= 11 is 0. The number of nitrogens with zero attached hydrogens (tertiary/aromatic N) is 1. The topological polar surface area (TPSA) is 74.2 Å². The van der Waals surface area contributed by atoms with Crippen LogP contribution in [0.3, 0.4) is 0 Å². The number of aliphatic hydroxyl groups is 1. The molecule has 0 radical (unpaired) electrons. The fourth-order valence-electron chi connectivity index (χ4n) is 5.47. The van der Waals surface area contributed by atoms with Crippen LogP contribution in [0.5, 0.6) is 0 Å². The van der Waals surface area contributed by atoms with Crippen molar-refractivity contribution < 1.29 is 18.7 Å². The number of benzene rings is 2. The minimum absolute atomic E-state index is 0.00788. The van der Waals surface area contributed by atoms with E-state index in [2.05, 4.69) is 60.7 Å². The molecule has 7 heteroatoms. The van der Waals surface area contributed by atoms with Crippen LogP contribution in [0.2, 0.25) is 0 Å². The quantitative estimate of drug-likeness (QED) is 0.323. The number of carbonyl (C=O) groups is 1. The van der Waals surface area contributed by atoms with Crippen molar-refractivity contribution in [3.05, 3.63) is 101 Å². The average molecular weight is 536 g/mol. The molecule has 1 heterocycles. The lowest BCUT2D eigenvalue weighted by Crippen LogP contribution is -2.53. The van der Waals surface area contributed by atoms with Gasteiger partial charge in [0, 0.05) is 36.1 Å². The summed E-state index contributed by atoms with van der Waals surface area (Å²) in [6.07, 6.45) is 7.30. The van der Waals surface area contributed by atoms with Gasteiger partial charge in [0.1, 0.15) is 11.6 Å². The molecule has 2 atom stereocenters.